The zero-order valence-corrected chi connectivity index (χ0v) is 19.4. The van der Waals surface area contributed by atoms with E-state index in [9.17, 15) is 19.2 Å². The summed E-state index contributed by atoms with van der Waals surface area (Å²) in [5, 5.41) is 0.640. The van der Waals surface area contributed by atoms with E-state index in [0.29, 0.717) is 22.3 Å². The molecule has 3 N–H and O–H groups in total. The molecular formula is C23H21N5O5S. The molecule has 2 aromatic carbocycles. The lowest BCUT2D eigenvalue weighted by atomic mass is 10.2. The van der Waals surface area contributed by atoms with Crippen LogP contribution >= 0.6 is 11.8 Å². The van der Waals surface area contributed by atoms with Crippen LogP contribution in [0.15, 0.2) is 62.0 Å². The average Bonchev–Trinajstić information content (AvgIpc) is 2.81. The maximum absolute atomic E-state index is 13.5. The molecule has 10 nitrogen and oxygen atoms in total. The second kappa shape index (κ2) is 9.02. The van der Waals surface area contributed by atoms with Gasteiger partial charge in [0.15, 0.2) is 10.9 Å². The topological polar surface area (TPSA) is 142 Å². The van der Waals surface area contributed by atoms with Crippen molar-refractivity contribution >= 4 is 34.3 Å². The summed E-state index contributed by atoms with van der Waals surface area (Å²) in [5.74, 6) is -0.630. The molecule has 0 amide bonds. The predicted octanol–water partition coefficient (Wildman–Crippen LogP) is 1.65. The normalized spacial score (nSPS) is 11.0. The number of aryl methyl sites for hydroxylation is 1. The highest BCUT2D eigenvalue weighted by molar-refractivity contribution is 7.99. The summed E-state index contributed by atoms with van der Waals surface area (Å²) in [5.41, 5.74) is 5.45. The van der Waals surface area contributed by atoms with E-state index < -0.39 is 17.0 Å². The van der Waals surface area contributed by atoms with Crippen LogP contribution in [0, 0.1) is 6.92 Å². The Balaban J connectivity index is 1.85. The minimum Gasteiger partial charge on any atom is -0.495 e. The summed E-state index contributed by atoms with van der Waals surface area (Å²) in [6.45, 7) is 1.88. The molecular weight excluding hydrogens is 458 g/mol. The van der Waals surface area contributed by atoms with E-state index in [2.05, 4.69) is 9.97 Å². The molecule has 0 aliphatic carbocycles. The minimum atomic E-state index is -0.865. The van der Waals surface area contributed by atoms with Crippen LogP contribution in [0.25, 0.3) is 16.6 Å². The van der Waals surface area contributed by atoms with Crippen LogP contribution in [0.3, 0.4) is 0 Å². The molecule has 34 heavy (non-hydrogen) atoms. The molecule has 0 bridgehead atoms. The van der Waals surface area contributed by atoms with Crippen LogP contribution in [0.2, 0.25) is 0 Å². The number of nitrogens with zero attached hydrogens (tertiary/aromatic N) is 3. The molecule has 2 heterocycles. The van der Waals surface area contributed by atoms with Gasteiger partial charge >= 0.3 is 5.69 Å². The van der Waals surface area contributed by atoms with Crippen LogP contribution < -0.4 is 27.3 Å². The number of H-pyrrole nitrogens is 1. The molecule has 0 saturated heterocycles. The van der Waals surface area contributed by atoms with Gasteiger partial charge in [-0.05, 0) is 36.8 Å². The Hall–Kier alpha value is -4.12. The quantitative estimate of drug-likeness (QED) is 0.241. The number of nitrogens with one attached hydrogen (secondary N) is 1. The van der Waals surface area contributed by atoms with Crippen LogP contribution in [0.1, 0.15) is 15.9 Å². The van der Waals surface area contributed by atoms with E-state index in [4.69, 9.17) is 10.5 Å². The Kier molecular flexibility index (Phi) is 6.12. The number of hydrogen-bond acceptors (Lipinski definition) is 8. The average molecular weight is 480 g/mol. The monoisotopic (exact) mass is 479 g/mol. The van der Waals surface area contributed by atoms with Gasteiger partial charge in [-0.15, -0.1) is 0 Å². The van der Waals surface area contributed by atoms with Gasteiger partial charge in [0.25, 0.3) is 11.1 Å². The number of hydrogen-bond donors (Lipinski definition) is 2. The number of nitrogens with two attached hydrogens (primary N) is 1. The molecule has 11 heteroatoms. The molecule has 0 unspecified atom stereocenters. The molecule has 0 fully saturated rings. The highest BCUT2D eigenvalue weighted by Gasteiger charge is 2.21. The van der Waals surface area contributed by atoms with Crippen LogP contribution in [0.5, 0.6) is 5.75 Å². The fraction of sp³-hybridized carbons (Fsp3) is 0.174. The molecule has 0 atom stereocenters. The number of aromatic amines is 1. The van der Waals surface area contributed by atoms with Crippen molar-refractivity contribution in [3.05, 3.63) is 84.8 Å². The van der Waals surface area contributed by atoms with Gasteiger partial charge in [-0.1, -0.05) is 30.0 Å². The number of rotatable bonds is 6. The molecule has 174 valence electrons. The summed E-state index contributed by atoms with van der Waals surface area (Å²) in [6.07, 6.45) is 0. The summed E-state index contributed by atoms with van der Waals surface area (Å²) in [4.78, 5) is 57.0. The smallest absolute Gasteiger partial charge is 0.329 e. The van der Waals surface area contributed by atoms with Crippen LogP contribution in [0.4, 0.5) is 5.82 Å². The number of carbonyl (C=O) groups excluding carboxylic acids is 1. The number of benzene rings is 2. The van der Waals surface area contributed by atoms with Gasteiger partial charge < -0.3 is 10.5 Å². The number of para-hydroxylation sites is 1. The third-order valence-electron chi connectivity index (χ3n) is 5.30. The number of ether oxygens (including phenoxy) is 1. The Morgan fingerprint density at radius 1 is 1.18 bits per heavy atom. The lowest BCUT2D eigenvalue weighted by molar-refractivity contribution is 0.102. The number of aromatic nitrogens is 4. The molecule has 4 rings (SSSR count). The standard InChI is InChI=1S/C23H21N5O5S/c1-12-8-9-17(33-3)15(10-12)28-21(31)13-6-4-5-7-14(13)25-23(28)34-11-16(29)18-19(24)27(2)22(32)26-20(18)30/h4-10H,11,24H2,1-3H3,(H,26,30,32). The summed E-state index contributed by atoms with van der Waals surface area (Å²) < 4.78 is 7.85. The second-order valence-electron chi connectivity index (χ2n) is 7.52. The lowest BCUT2D eigenvalue weighted by Crippen LogP contribution is -2.35. The molecule has 0 saturated carbocycles. The second-order valence-corrected chi connectivity index (χ2v) is 8.46. The number of Topliss-reactive ketones (excluding diaryl/α,β-unsaturated/α-hetero) is 1. The summed E-state index contributed by atoms with van der Waals surface area (Å²) in [7, 11) is 2.85. The number of methoxy groups -OCH3 is 1. The van der Waals surface area contributed by atoms with Gasteiger partial charge in [-0.2, -0.15) is 0 Å². The lowest BCUT2D eigenvalue weighted by Gasteiger charge is -2.16. The SMILES string of the molecule is COc1ccc(C)cc1-n1c(SCC(=O)c2c(N)n(C)c(=O)[nH]c2=O)nc2ccccc2c1=O. The Morgan fingerprint density at radius 2 is 1.91 bits per heavy atom. The van der Waals surface area contributed by atoms with Gasteiger partial charge in [0.1, 0.15) is 17.1 Å². The van der Waals surface area contributed by atoms with Crippen molar-refractivity contribution in [1.82, 2.24) is 19.1 Å². The number of fused-ring (bicyclic) bond motifs is 1. The van der Waals surface area contributed by atoms with E-state index in [1.807, 2.05) is 13.0 Å². The van der Waals surface area contributed by atoms with E-state index in [1.54, 1.807) is 36.4 Å². The zero-order valence-electron chi connectivity index (χ0n) is 18.6. The first kappa shape index (κ1) is 23.1. The van der Waals surface area contributed by atoms with Gasteiger partial charge in [0, 0.05) is 7.05 Å². The van der Waals surface area contributed by atoms with Crippen molar-refractivity contribution in [2.45, 2.75) is 12.1 Å². The summed E-state index contributed by atoms with van der Waals surface area (Å²) in [6, 6.07) is 12.3. The van der Waals surface area contributed by atoms with E-state index in [-0.39, 0.29) is 27.8 Å². The third-order valence-corrected chi connectivity index (χ3v) is 6.24. The minimum absolute atomic E-state index is 0.233. The number of anilines is 1. The molecule has 2 aromatic heterocycles. The summed E-state index contributed by atoms with van der Waals surface area (Å²) >= 11 is 0.977. The van der Waals surface area contributed by atoms with Crippen molar-refractivity contribution in [2.24, 2.45) is 7.05 Å². The van der Waals surface area contributed by atoms with Crippen molar-refractivity contribution in [1.29, 1.82) is 0 Å². The van der Waals surface area contributed by atoms with Gasteiger partial charge in [0.05, 0.1) is 29.5 Å². The van der Waals surface area contributed by atoms with E-state index in [1.165, 1.54) is 18.7 Å². The van der Waals surface area contributed by atoms with Gasteiger partial charge in [-0.25, -0.2) is 9.78 Å². The first-order chi connectivity index (χ1) is 16.2. The Labute approximate surface area is 197 Å². The van der Waals surface area contributed by atoms with Crippen LogP contribution in [-0.4, -0.2) is 37.7 Å². The van der Waals surface area contributed by atoms with Crippen molar-refractivity contribution in [2.75, 3.05) is 18.6 Å². The van der Waals surface area contributed by atoms with Crippen molar-refractivity contribution in [3.8, 4) is 11.4 Å². The Morgan fingerprint density at radius 3 is 2.65 bits per heavy atom. The van der Waals surface area contributed by atoms with Gasteiger partial charge in [-0.3, -0.25) is 28.5 Å². The maximum atomic E-state index is 13.5. The Bertz CT molecular complexity index is 1620. The van der Waals surface area contributed by atoms with E-state index in [0.717, 1.165) is 21.9 Å². The third kappa shape index (κ3) is 4.01. The van der Waals surface area contributed by atoms with Crippen molar-refractivity contribution < 1.29 is 9.53 Å². The highest BCUT2D eigenvalue weighted by Crippen LogP contribution is 2.28. The number of thioether (sulfide) groups is 1. The highest BCUT2D eigenvalue weighted by atomic mass is 32.2. The van der Waals surface area contributed by atoms with Gasteiger partial charge in [0.2, 0.25) is 0 Å². The number of ketones is 1. The first-order valence-corrected chi connectivity index (χ1v) is 11.1. The zero-order chi connectivity index (χ0) is 24.6. The maximum Gasteiger partial charge on any atom is 0.329 e. The largest absolute Gasteiger partial charge is 0.495 e. The molecule has 4 aromatic rings. The molecule has 0 spiro atoms. The molecule has 0 radical (unpaired) electrons. The molecule has 0 aliphatic rings. The predicted molar refractivity (Wildman–Crippen MR) is 130 cm³/mol. The number of carbonyl (C=O) groups is 1. The van der Waals surface area contributed by atoms with Crippen molar-refractivity contribution in [3.63, 3.8) is 0 Å². The first-order valence-electron chi connectivity index (χ1n) is 10.1. The van der Waals surface area contributed by atoms with E-state index >= 15 is 0 Å². The van der Waals surface area contributed by atoms with Crippen LogP contribution in [-0.2, 0) is 7.05 Å². The fourth-order valence-electron chi connectivity index (χ4n) is 3.51. The number of nitrogen functional groups attached to an aromatic ring is 1. The fourth-order valence-corrected chi connectivity index (χ4v) is 4.38. The molecule has 0 aliphatic heterocycles.